The van der Waals surface area contributed by atoms with E-state index >= 15 is 0 Å². The van der Waals surface area contributed by atoms with Crippen LogP contribution in [0.3, 0.4) is 0 Å². The van der Waals surface area contributed by atoms with Crippen molar-refractivity contribution in [2.45, 2.75) is 39.5 Å². The highest BCUT2D eigenvalue weighted by atomic mass is 16.5. The van der Waals surface area contributed by atoms with Crippen molar-refractivity contribution in [2.75, 3.05) is 45.9 Å². The number of esters is 2. The first-order valence-electron chi connectivity index (χ1n) is 9.25. The molecule has 2 heterocycles. The van der Waals surface area contributed by atoms with E-state index in [-0.39, 0.29) is 23.8 Å². The van der Waals surface area contributed by atoms with Crippen LogP contribution in [0, 0.1) is 23.2 Å². The van der Waals surface area contributed by atoms with Gasteiger partial charge in [-0.15, -0.1) is 0 Å². The predicted octanol–water partition coefficient (Wildman–Crippen LogP) is 1.33. The number of piperidine rings is 2. The van der Waals surface area contributed by atoms with Gasteiger partial charge >= 0.3 is 11.9 Å². The van der Waals surface area contributed by atoms with Crippen LogP contribution in [-0.4, -0.2) is 62.8 Å². The molecule has 1 N–H and O–H groups in total. The molecular weight excluding hydrogens is 322 g/mol. The van der Waals surface area contributed by atoms with Crippen molar-refractivity contribution in [1.82, 2.24) is 10.2 Å². The van der Waals surface area contributed by atoms with Gasteiger partial charge in [-0.25, -0.2) is 0 Å². The zero-order valence-electron chi connectivity index (χ0n) is 15.5. The highest BCUT2D eigenvalue weighted by Crippen LogP contribution is 2.18. The summed E-state index contributed by atoms with van der Waals surface area (Å²) in [6.45, 7) is 8.65. The minimum Gasteiger partial charge on any atom is -0.466 e. The molecule has 0 spiro atoms. The van der Waals surface area contributed by atoms with E-state index in [0.717, 1.165) is 51.9 Å². The SMILES string of the molecule is CCOC(=O)C1CCN(CC#N)CC1.CCOC(=O)C1CCNCC1. The van der Waals surface area contributed by atoms with Crippen molar-refractivity contribution in [3.05, 3.63) is 0 Å². The van der Waals surface area contributed by atoms with Crippen LogP contribution in [-0.2, 0) is 19.1 Å². The van der Waals surface area contributed by atoms with Gasteiger partial charge in [-0.3, -0.25) is 14.5 Å². The number of ether oxygens (including phenoxy) is 2. The van der Waals surface area contributed by atoms with E-state index in [1.165, 1.54) is 0 Å². The fourth-order valence-electron chi connectivity index (χ4n) is 3.00. The smallest absolute Gasteiger partial charge is 0.309 e. The monoisotopic (exact) mass is 353 g/mol. The summed E-state index contributed by atoms with van der Waals surface area (Å²) in [5.74, 6) is 0.0965. The molecule has 2 aliphatic rings. The number of rotatable bonds is 5. The Labute approximate surface area is 150 Å². The van der Waals surface area contributed by atoms with Gasteiger partial charge < -0.3 is 14.8 Å². The summed E-state index contributed by atoms with van der Waals surface area (Å²) in [4.78, 5) is 24.6. The van der Waals surface area contributed by atoms with Crippen molar-refractivity contribution < 1.29 is 19.1 Å². The third kappa shape index (κ3) is 8.32. The van der Waals surface area contributed by atoms with Gasteiger partial charge in [0.25, 0.3) is 0 Å². The molecule has 2 fully saturated rings. The Hall–Kier alpha value is -1.65. The van der Waals surface area contributed by atoms with E-state index in [2.05, 4.69) is 16.3 Å². The van der Waals surface area contributed by atoms with E-state index in [1.54, 1.807) is 0 Å². The largest absolute Gasteiger partial charge is 0.466 e. The maximum absolute atomic E-state index is 11.4. The number of nitrogens with one attached hydrogen (secondary N) is 1. The molecule has 0 atom stereocenters. The number of nitrogens with zero attached hydrogens (tertiary/aromatic N) is 2. The first-order chi connectivity index (χ1) is 12.1. The Morgan fingerprint density at radius 1 is 1.00 bits per heavy atom. The van der Waals surface area contributed by atoms with Gasteiger partial charge in [0.15, 0.2) is 0 Å². The van der Waals surface area contributed by atoms with Gasteiger partial charge in [0.2, 0.25) is 0 Å². The van der Waals surface area contributed by atoms with Gasteiger partial charge in [-0.05, 0) is 65.7 Å². The molecule has 2 aliphatic heterocycles. The Balaban J connectivity index is 0.000000257. The third-order valence-electron chi connectivity index (χ3n) is 4.46. The Kier molecular flexibility index (Phi) is 10.8. The normalized spacial score (nSPS) is 19.2. The lowest BCUT2D eigenvalue weighted by Crippen LogP contribution is -2.37. The van der Waals surface area contributed by atoms with Gasteiger partial charge in [0, 0.05) is 0 Å². The standard InChI is InChI=1S/C10H16N2O2.C8H15NO2/c1-2-14-10(13)9-3-6-12(7-4-9)8-5-11;1-2-11-8(10)7-3-5-9-6-4-7/h9H,2-4,6-8H2,1H3;7,9H,2-6H2,1H3. The molecule has 7 heteroatoms. The maximum Gasteiger partial charge on any atom is 0.309 e. The van der Waals surface area contributed by atoms with E-state index in [4.69, 9.17) is 14.7 Å². The number of hydrogen-bond donors (Lipinski definition) is 1. The lowest BCUT2D eigenvalue weighted by molar-refractivity contribution is -0.150. The second kappa shape index (κ2) is 12.7. The Morgan fingerprint density at radius 2 is 1.48 bits per heavy atom. The molecule has 2 saturated heterocycles. The maximum atomic E-state index is 11.4. The first-order valence-corrected chi connectivity index (χ1v) is 9.25. The summed E-state index contributed by atoms with van der Waals surface area (Å²) in [6, 6.07) is 2.12. The molecule has 0 bridgehead atoms. The molecule has 0 saturated carbocycles. The summed E-state index contributed by atoms with van der Waals surface area (Å²) < 4.78 is 9.87. The van der Waals surface area contributed by atoms with Crippen molar-refractivity contribution in [3.8, 4) is 6.07 Å². The van der Waals surface area contributed by atoms with Crippen LogP contribution in [0.25, 0.3) is 0 Å². The minimum absolute atomic E-state index is 0.0194. The molecule has 25 heavy (non-hydrogen) atoms. The lowest BCUT2D eigenvalue weighted by Gasteiger charge is -2.28. The van der Waals surface area contributed by atoms with E-state index in [9.17, 15) is 9.59 Å². The summed E-state index contributed by atoms with van der Waals surface area (Å²) in [5, 5.41) is 11.7. The summed E-state index contributed by atoms with van der Waals surface area (Å²) >= 11 is 0. The molecule has 0 amide bonds. The zero-order valence-corrected chi connectivity index (χ0v) is 15.5. The molecule has 0 aromatic heterocycles. The second-order valence-electron chi connectivity index (χ2n) is 6.24. The summed E-state index contributed by atoms with van der Waals surface area (Å²) in [5.41, 5.74) is 0. The molecule has 0 aromatic rings. The number of likely N-dealkylation sites (tertiary alicyclic amines) is 1. The van der Waals surface area contributed by atoms with Crippen molar-refractivity contribution in [1.29, 1.82) is 5.26 Å². The van der Waals surface area contributed by atoms with E-state index in [0.29, 0.717) is 19.8 Å². The average Bonchev–Trinajstić information content (AvgIpc) is 2.64. The average molecular weight is 353 g/mol. The predicted molar refractivity (Wildman–Crippen MR) is 93.6 cm³/mol. The topological polar surface area (TPSA) is 91.7 Å². The fraction of sp³-hybridized carbons (Fsp3) is 0.833. The fourth-order valence-corrected chi connectivity index (χ4v) is 3.00. The van der Waals surface area contributed by atoms with Crippen LogP contribution in [0.15, 0.2) is 0 Å². The van der Waals surface area contributed by atoms with Gasteiger partial charge in [0.05, 0.1) is 37.7 Å². The summed E-state index contributed by atoms with van der Waals surface area (Å²) in [7, 11) is 0. The van der Waals surface area contributed by atoms with Crippen molar-refractivity contribution in [2.24, 2.45) is 11.8 Å². The Bertz CT molecular complexity index is 436. The summed E-state index contributed by atoms with van der Waals surface area (Å²) in [6.07, 6.45) is 3.50. The van der Waals surface area contributed by atoms with Crippen LogP contribution >= 0.6 is 0 Å². The van der Waals surface area contributed by atoms with E-state index < -0.39 is 0 Å². The number of carbonyl (C=O) groups excluding carboxylic acids is 2. The molecular formula is C18H31N3O4. The lowest BCUT2D eigenvalue weighted by atomic mass is 9.97. The number of hydrogen-bond acceptors (Lipinski definition) is 7. The molecule has 0 unspecified atom stereocenters. The number of nitriles is 1. The molecule has 7 nitrogen and oxygen atoms in total. The van der Waals surface area contributed by atoms with Crippen molar-refractivity contribution >= 4 is 11.9 Å². The van der Waals surface area contributed by atoms with Crippen LogP contribution in [0.2, 0.25) is 0 Å². The van der Waals surface area contributed by atoms with Crippen LogP contribution in [0.1, 0.15) is 39.5 Å². The van der Waals surface area contributed by atoms with Gasteiger partial charge in [0.1, 0.15) is 0 Å². The first kappa shape index (κ1) is 21.4. The van der Waals surface area contributed by atoms with Crippen LogP contribution < -0.4 is 5.32 Å². The highest BCUT2D eigenvalue weighted by Gasteiger charge is 2.25. The zero-order chi connectivity index (χ0) is 18.5. The molecule has 0 aliphatic carbocycles. The molecule has 0 radical (unpaired) electrons. The second-order valence-corrected chi connectivity index (χ2v) is 6.24. The molecule has 142 valence electrons. The van der Waals surface area contributed by atoms with Crippen molar-refractivity contribution in [3.63, 3.8) is 0 Å². The highest BCUT2D eigenvalue weighted by molar-refractivity contribution is 5.72. The molecule has 2 rings (SSSR count). The van der Waals surface area contributed by atoms with E-state index in [1.807, 2.05) is 13.8 Å². The minimum atomic E-state index is -0.0795. The quantitative estimate of drug-likeness (QED) is 0.589. The third-order valence-corrected chi connectivity index (χ3v) is 4.46. The van der Waals surface area contributed by atoms with Gasteiger partial charge in [-0.1, -0.05) is 0 Å². The molecule has 0 aromatic carbocycles. The Morgan fingerprint density at radius 3 is 1.92 bits per heavy atom. The van der Waals surface area contributed by atoms with Crippen LogP contribution in [0.5, 0.6) is 0 Å². The van der Waals surface area contributed by atoms with Crippen LogP contribution in [0.4, 0.5) is 0 Å². The number of carbonyl (C=O) groups is 2. The van der Waals surface area contributed by atoms with Gasteiger partial charge in [-0.2, -0.15) is 5.26 Å².